The molecule has 0 bridgehead atoms. The smallest absolute Gasteiger partial charge is 0.168 e. The molecule has 0 unspecified atom stereocenters. The second-order valence-corrected chi connectivity index (χ2v) is 4.31. The molecule has 0 aliphatic heterocycles. The molecular weight excluding hydrogens is 389 g/mol. The maximum absolute atomic E-state index is 2.12. The molecule has 0 aromatic heterocycles. The minimum absolute atomic E-state index is 0. The minimum Gasteiger partial charge on any atom is -0.168 e. The van der Waals surface area contributed by atoms with Crippen LogP contribution < -0.4 is 0 Å². The van der Waals surface area contributed by atoms with Crippen LogP contribution in [-0.2, 0) is 0 Å². The first-order chi connectivity index (χ1) is 8.93. The normalized spacial score (nSPS) is 9.68. The number of rotatable bonds is 0. The van der Waals surface area contributed by atoms with E-state index in [0.717, 1.165) is 0 Å². The summed E-state index contributed by atoms with van der Waals surface area (Å²) in [6.07, 6.45) is 0. The SMILES string of the molecule is [Yb+2].c1ccc2[cH-]ccc2c1.c1ccc2[cH-]ccc2c1. The first-order valence-corrected chi connectivity index (χ1v) is 6.14. The van der Waals surface area contributed by atoms with Gasteiger partial charge in [-0.3, -0.25) is 0 Å². The van der Waals surface area contributed by atoms with Gasteiger partial charge in [-0.15, -0.1) is 59.3 Å². The quantitative estimate of drug-likeness (QED) is 0.358. The second kappa shape index (κ2) is 7.09. The molecule has 1 heteroatoms. The van der Waals surface area contributed by atoms with Crippen LogP contribution in [0, 0.1) is 46.9 Å². The molecule has 0 aliphatic carbocycles. The minimum atomic E-state index is 0. The van der Waals surface area contributed by atoms with Gasteiger partial charge in [-0.25, -0.2) is 0 Å². The van der Waals surface area contributed by atoms with Gasteiger partial charge in [0, 0.05) is 0 Å². The van der Waals surface area contributed by atoms with E-state index < -0.39 is 0 Å². The van der Waals surface area contributed by atoms with Crippen molar-refractivity contribution >= 4 is 21.5 Å². The summed E-state index contributed by atoms with van der Waals surface area (Å²) in [5.74, 6) is 0. The topological polar surface area (TPSA) is 0 Å². The summed E-state index contributed by atoms with van der Waals surface area (Å²) in [5, 5.41) is 5.32. The number of fused-ring (bicyclic) bond motifs is 2. The Morgan fingerprint density at radius 3 is 1.37 bits per heavy atom. The van der Waals surface area contributed by atoms with Gasteiger partial charge < -0.3 is 0 Å². The van der Waals surface area contributed by atoms with Crippen molar-refractivity contribution in [3.8, 4) is 0 Å². The number of hydrogen-bond donors (Lipinski definition) is 0. The predicted molar refractivity (Wildman–Crippen MR) is 79.1 cm³/mol. The third-order valence-electron chi connectivity index (χ3n) is 3.10. The Kier molecular flexibility index (Phi) is 5.45. The van der Waals surface area contributed by atoms with Crippen molar-refractivity contribution in [1.82, 2.24) is 0 Å². The molecule has 0 saturated carbocycles. The Hall–Kier alpha value is -0.821. The van der Waals surface area contributed by atoms with Crippen molar-refractivity contribution in [1.29, 1.82) is 0 Å². The van der Waals surface area contributed by atoms with Gasteiger partial charge in [0.15, 0.2) is 0 Å². The molecule has 0 aliphatic rings. The van der Waals surface area contributed by atoms with Gasteiger partial charge in [0.25, 0.3) is 0 Å². The average Bonchev–Trinajstić information content (AvgIpc) is 3.08. The van der Waals surface area contributed by atoms with E-state index in [0.29, 0.717) is 0 Å². The number of benzene rings is 2. The molecule has 100 valence electrons. The Labute approximate surface area is 152 Å². The van der Waals surface area contributed by atoms with E-state index in [-0.39, 0.29) is 46.9 Å². The average molecular weight is 403 g/mol. The van der Waals surface area contributed by atoms with E-state index >= 15 is 0 Å². The van der Waals surface area contributed by atoms with E-state index in [2.05, 4.69) is 84.9 Å². The summed E-state index contributed by atoms with van der Waals surface area (Å²) in [6.45, 7) is 0. The van der Waals surface area contributed by atoms with Crippen LogP contribution in [0.3, 0.4) is 0 Å². The molecule has 0 atom stereocenters. The van der Waals surface area contributed by atoms with Gasteiger partial charge in [0.05, 0.1) is 0 Å². The second-order valence-electron chi connectivity index (χ2n) is 4.31. The van der Waals surface area contributed by atoms with Crippen molar-refractivity contribution in [2.75, 3.05) is 0 Å². The first-order valence-electron chi connectivity index (χ1n) is 6.14. The summed E-state index contributed by atoms with van der Waals surface area (Å²) in [4.78, 5) is 0. The van der Waals surface area contributed by atoms with E-state index in [1.54, 1.807) is 0 Å². The van der Waals surface area contributed by atoms with Crippen LogP contribution >= 0.6 is 0 Å². The van der Waals surface area contributed by atoms with Crippen LogP contribution in [-0.4, -0.2) is 0 Å². The zero-order valence-electron chi connectivity index (χ0n) is 10.4. The molecule has 0 heterocycles. The van der Waals surface area contributed by atoms with Crippen LogP contribution in [0.25, 0.3) is 21.5 Å². The van der Waals surface area contributed by atoms with E-state index in [1.165, 1.54) is 21.5 Å². The van der Waals surface area contributed by atoms with Gasteiger partial charge in [-0.1, -0.05) is 12.1 Å². The fourth-order valence-electron chi connectivity index (χ4n) is 2.14. The Bertz CT molecular complexity index is 620. The monoisotopic (exact) mass is 404 g/mol. The summed E-state index contributed by atoms with van der Waals surface area (Å²) in [5.41, 5.74) is 0. The summed E-state index contributed by atoms with van der Waals surface area (Å²) >= 11 is 0. The molecule has 0 N–H and O–H groups in total. The summed E-state index contributed by atoms with van der Waals surface area (Å²) in [7, 11) is 0. The molecule has 0 saturated heterocycles. The zero-order chi connectivity index (χ0) is 12.2. The van der Waals surface area contributed by atoms with Crippen molar-refractivity contribution < 1.29 is 46.9 Å². The Morgan fingerprint density at radius 2 is 0.947 bits per heavy atom. The van der Waals surface area contributed by atoms with Crippen LogP contribution in [0.2, 0.25) is 0 Å². The molecule has 4 aromatic rings. The molecule has 0 amide bonds. The third kappa shape index (κ3) is 3.60. The maximum atomic E-state index is 2.12. The van der Waals surface area contributed by atoms with Crippen LogP contribution in [0.4, 0.5) is 0 Å². The van der Waals surface area contributed by atoms with Gasteiger partial charge in [0.1, 0.15) is 0 Å². The van der Waals surface area contributed by atoms with Crippen LogP contribution in [0.15, 0.2) is 84.9 Å². The standard InChI is InChI=1S/2C9H7.Yb/c2*1-2-5-9-7-3-6-8(9)4-1;/h2*1-7H;/q2*-1;+2. The Morgan fingerprint density at radius 1 is 0.526 bits per heavy atom. The first kappa shape index (κ1) is 14.6. The molecule has 0 spiro atoms. The molecular formula is C18H14Yb. The van der Waals surface area contributed by atoms with Crippen molar-refractivity contribution in [2.45, 2.75) is 0 Å². The van der Waals surface area contributed by atoms with E-state index in [4.69, 9.17) is 0 Å². The zero-order valence-corrected chi connectivity index (χ0v) is 12.1. The predicted octanol–water partition coefficient (Wildman–Crippen LogP) is 5.12. The fraction of sp³-hybridized carbons (Fsp3) is 0. The largest absolute Gasteiger partial charge is 2.00 e. The molecule has 0 fully saturated rings. The maximum Gasteiger partial charge on any atom is 2.00 e. The molecule has 4 rings (SSSR count). The van der Waals surface area contributed by atoms with Crippen molar-refractivity contribution in [3.63, 3.8) is 0 Å². The molecule has 4 aromatic carbocycles. The summed E-state index contributed by atoms with van der Waals surface area (Å²) < 4.78 is 0. The van der Waals surface area contributed by atoms with Gasteiger partial charge >= 0.3 is 46.9 Å². The van der Waals surface area contributed by atoms with Crippen LogP contribution in [0.1, 0.15) is 0 Å². The number of hydrogen-bond acceptors (Lipinski definition) is 0. The van der Waals surface area contributed by atoms with Gasteiger partial charge in [-0.2, -0.15) is 35.0 Å². The van der Waals surface area contributed by atoms with Crippen LogP contribution in [0.5, 0.6) is 0 Å². The molecule has 0 nitrogen and oxygen atoms in total. The van der Waals surface area contributed by atoms with Crippen molar-refractivity contribution in [3.05, 3.63) is 84.9 Å². The third-order valence-corrected chi connectivity index (χ3v) is 3.10. The van der Waals surface area contributed by atoms with E-state index in [1.807, 2.05) is 0 Å². The van der Waals surface area contributed by atoms with Gasteiger partial charge in [-0.05, 0) is 0 Å². The summed E-state index contributed by atoms with van der Waals surface area (Å²) in [6, 6.07) is 29.3. The van der Waals surface area contributed by atoms with Gasteiger partial charge in [0.2, 0.25) is 0 Å². The molecule has 19 heavy (non-hydrogen) atoms. The Balaban J connectivity index is 0.000000133. The fourth-order valence-corrected chi connectivity index (χ4v) is 2.14. The molecule has 0 radical (unpaired) electrons. The van der Waals surface area contributed by atoms with Crippen molar-refractivity contribution in [2.24, 2.45) is 0 Å². The van der Waals surface area contributed by atoms with E-state index in [9.17, 15) is 0 Å².